The van der Waals surface area contributed by atoms with Crippen LogP contribution in [0.3, 0.4) is 0 Å². The molecule has 7 nitrogen and oxygen atoms in total. The van der Waals surface area contributed by atoms with E-state index in [0.717, 1.165) is 5.69 Å². The van der Waals surface area contributed by atoms with E-state index >= 15 is 0 Å². The van der Waals surface area contributed by atoms with Gasteiger partial charge >= 0.3 is 0 Å². The average Bonchev–Trinajstić information content (AvgIpc) is 2.57. The van der Waals surface area contributed by atoms with Gasteiger partial charge in [0.2, 0.25) is 0 Å². The highest BCUT2D eigenvalue weighted by Crippen LogP contribution is 2.29. The maximum Gasteiger partial charge on any atom is 0.159 e. The number of nitrogens with zero attached hydrogens (tertiary/aromatic N) is 3. The zero-order valence-corrected chi connectivity index (χ0v) is 14.6. The molecule has 2 rings (SSSR count). The predicted molar refractivity (Wildman–Crippen MR) is 97.1 cm³/mol. The van der Waals surface area contributed by atoms with Crippen LogP contribution < -0.4 is 16.0 Å². The van der Waals surface area contributed by atoms with Gasteiger partial charge in [-0.05, 0) is 18.2 Å². The number of hydrogen-bond donors (Lipinski definition) is 2. The molecule has 0 aliphatic carbocycles. The number of nitrogen functional groups attached to an aromatic ring is 1. The van der Waals surface area contributed by atoms with Crippen LogP contribution in [0.15, 0.2) is 30.6 Å². The quantitative estimate of drug-likeness (QED) is 0.718. The van der Waals surface area contributed by atoms with Crippen LogP contribution in [0.2, 0.25) is 5.02 Å². The molecule has 0 bridgehead atoms. The SMILES string of the molecule is COCCN(CCOC)c1ncnc(Nc2cccc(Cl)c2)c1N. The van der Waals surface area contributed by atoms with Gasteiger partial charge in [-0.2, -0.15) is 0 Å². The molecule has 130 valence electrons. The van der Waals surface area contributed by atoms with E-state index in [2.05, 4.69) is 15.3 Å². The Morgan fingerprint density at radius 1 is 1.17 bits per heavy atom. The number of halogens is 1. The van der Waals surface area contributed by atoms with Crippen LogP contribution in [0.4, 0.5) is 23.0 Å². The van der Waals surface area contributed by atoms with Crippen LogP contribution in [0.25, 0.3) is 0 Å². The number of aromatic nitrogens is 2. The maximum atomic E-state index is 6.27. The van der Waals surface area contributed by atoms with Crippen molar-refractivity contribution in [1.29, 1.82) is 0 Å². The number of ether oxygens (including phenoxy) is 2. The van der Waals surface area contributed by atoms with E-state index in [1.807, 2.05) is 17.0 Å². The number of benzene rings is 1. The van der Waals surface area contributed by atoms with Crippen molar-refractivity contribution in [2.45, 2.75) is 0 Å². The molecule has 3 N–H and O–H groups in total. The first-order chi connectivity index (χ1) is 11.7. The molecule has 0 unspecified atom stereocenters. The topological polar surface area (TPSA) is 85.5 Å². The second kappa shape index (κ2) is 9.27. The van der Waals surface area contributed by atoms with Crippen molar-refractivity contribution in [2.24, 2.45) is 0 Å². The first kappa shape index (κ1) is 18.3. The number of nitrogens with one attached hydrogen (secondary N) is 1. The highest BCUT2D eigenvalue weighted by molar-refractivity contribution is 6.30. The van der Waals surface area contributed by atoms with Gasteiger partial charge in [-0.25, -0.2) is 9.97 Å². The van der Waals surface area contributed by atoms with Crippen LogP contribution in [-0.2, 0) is 9.47 Å². The molecule has 0 spiro atoms. The molecule has 0 aliphatic rings. The van der Waals surface area contributed by atoms with Crippen molar-refractivity contribution >= 4 is 34.6 Å². The van der Waals surface area contributed by atoms with E-state index in [4.69, 9.17) is 26.8 Å². The van der Waals surface area contributed by atoms with E-state index in [1.54, 1.807) is 26.4 Å². The Kier molecular flexibility index (Phi) is 7.05. The van der Waals surface area contributed by atoms with Gasteiger partial charge in [0.15, 0.2) is 11.6 Å². The van der Waals surface area contributed by atoms with E-state index in [9.17, 15) is 0 Å². The molecular formula is C16H22ClN5O2. The standard InChI is InChI=1S/C16H22ClN5O2/c1-23-8-6-22(7-9-24-2)16-14(18)15(19-11-20-16)21-13-5-3-4-12(17)10-13/h3-5,10-11H,6-9,18H2,1-2H3,(H,19,20,21). The summed E-state index contributed by atoms with van der Waals surface area (Å²) in [5.74, 6) is 1.17. The van der Waals surface area contributed by atoms with Crippen molar-refractivity contribution in [3.05, 3.63) is 35.6 Å². The summed E-state index contributed by atoms with van der Waals surface area (Å²) in [6.45, 7) is 2.42. The Morgan fingerprint density at radius 2 is 1.88 bits per heavy atom. The summed E-state index contributed by atoms with van der Waals surface area (Å²) in [6.07, 6.45) is 1.48. The molecule has 1 heterocycles. The van der Waals surface area contributed by atoms with Gasteiger partial charge in [0.05, 0.1) is 13.2 Å². The third-order valence-corrected chi connectivity index (χ3v) is 3.62. The van der Waals surface area contributed by atoms with Gasteiger partial charge in [-0.3, -0.25) is 0 Å². The molecule has 0 fully saturated rings. The number of nitrogens with two attached hydrogens (primary N) is 1. The monoisotopic (exact) mass is 351 g/mol. The molecule has 0 aliphatic heterocycles. The second-order valence-corrected chi connectivity index (χ2v) is 5.50. The zero-order chi connectivity index (χ0) is 17.4. The van der Waals surface area contributed by atoms with Crippen molar-refractivity contribution in [1.82, 2.24) is 9.97 Å². The second-order valence-electron chi connectivity index (χ2n) is 5.07. The van der Waals surface area contributed by atoms with Crippen molar-refractivity contribution < 1.29 is 9.47 Å². The highest BCUT2D eigenvalue weighted by atomic mass is 35.5. The number of methoxy groups -OCH3 is 2. The maximum absolute atomic E-state index is 6.27. The van der Waals surface area contributed by atoms with Gasteiger partial charge in [0.1, 0.15) is 12.0 Å². The Hall–Kier alpha value is -2.09. The van der Waals surface area contributed by atoms with Crippen LogP contribution in [0.5, 0.6) is 0 Å². The Morgan fingerprint density at radius 3 is 2.50 bits per heavy atom. The first-order valence-corrected chi connectivity index (χ1v) is 7.89. The summed E-state index contributed by atoms with van der Waals surface area (Å²) in [5.41, 5.74) is 7.54. The fourth-order valence-electron chi connectivity index (χ4n) is 2.17. The summed E-state index contributed by atoms with van der Waals surface area (Å²) in [6, 6.07) is 7.35. The van der Waals surface area contributed by atoms with Crippen LogP contribution in [-0.4, -0.2) is 50.5 Å². The van der Waals surface area contributed by atoms with E-state index in [1.165, 1.54) is 6.33 Å². The van der Waals surface area contributed by atoms with E-state index < -0.39 is 0 Å². The van der Waals surface area contributed by atoms with Gasteiger partial charge in [-0.15, -0.1) is 0 Å². The number of rotatable bonds is 9. The zero-order valence-electron chi connectivity index (χ0n) is 13.8. The molecule has 0 radical (unpaired) electrons. The molecule has 0 saturated carbocycles. The van der Waals surface area contributed by atoms with Crippen LogP contribution in [0.1, 0.15) is 0 Å². The average molecular weight is 352 g/mol. The Labute approximate surface area is 146 Å². The van der Waals surface area contributed by atoms with E-state index in [-0.39, 0.29) is 0 Å². The minimum Gasteiger partial charge on any atom is -0.393 e. The third kappa shape index (κ3) is 4.95. The molecule has 24 heavy (non-hydrogen) atoms. The molecule has 8 heteroatoms. The summed E-state index contributed by atoms with van der Waals surface area (Å²) in [5, 5.41) is 3.80. The first-order valence-electron chi connectivity index (χ1n) is 7.51. The minimum absolute atomic E-state index is 0.463. The smallest absolute Gasteiger partial charge is 0.159 e. The van der Waals surface area contributed by atoms with Gasteiger partial charge in [0.25, 0.3) is 0 Å². The lowest BCUT2D eigenvalue weighted by Crippen LogP contribution is -2.32. The summed E-state index contributed by atoms with van der Waals surface area (Å²) in [4.78, 5) is 10.6. The van der Waals surface area contributed by atoms with Gasteiger partial charge in [-0.1, -0.05) is 17.7 Å². The summed E-state index contributed by atoms with van der Waals surface area (Å²) in [7, 11) is 3.31. The van der Waals surface area contributed by atoms with Crippen molar-refractivity contribution in [3.8, 4) is 0 Å². The minimum atomic E-state index is 0.463. The third-order valence-electron chi connectivity index (χ3n) is 3.38. The Balaban J connectivity index is 2.23. The molecule has 2 aromatic rings. The van der Waals surface area contributed by atoms with E-state index in [0.29, 0.717) is 48.6 Å². The predicted octanol–water partition coefficient (Wildman–Crippen LogP) is 2.55. The van der Waals surface area contributed by atoms with Crippen LogP contribution in [0, 0.1) is 0 Å². The van der Waals surface area contributed by atoms with Gasteiger partial charge in [0, 0.05) is 38.0 Å². The summed E-state index contributed by atoms with van der Waals surface area (Å²) >= 11 is 6.01. The molecular weight excluding hydrogens is 330 g/mol. The lowest BCUT2D eigenvalue weighted by Gasteiger charge is -2.25. The molecule has 1 aromatic heterocycles. The van der Waals surface area contributed by atoms with Crippen molar-refractivity contribution in [2.75, 3.05) is 56.5 Å². The normalized spacial score (nSPS) is 10.6. The summed E-state index contributed by atoms with van der Waals surface area (Å²) < 4.78 is 10.3. The highest BCUT2D eigenvalue weighted by Gasteiger charge is 2.15. The number of hydrogen-bond acceptors (Lipinski definition) is 7. The number of anilines is 4. The lowest BCUT2D eigenvalue weighted by atomic mass is 10.3. The molecule has 0 atom stereocenters. The molecule has 0 amide bonds. The fraction of sp³-hybridized carbons (Fsp3) is 0.375. The molecule has 0 saturated heterocycles. The fourth-order valence-corrected chi connectivity index (χ4v) is 2.36. The van der Waals surface area contributed by atoms with Crippen LogP contribution >= 0.6 is 11.6 Å². The largest absolute Gasteiger partial charge is 0.393 e. The lowest BCUT2D eigenvalue weighted by molar-refractivity contribution is 0.190. The van der Waals surface area contributed by atoms with Crippen molar-refractivity contribution in [3.63, 3.8) is 0 Å². The van der Waals surface area contributed by atoms with Gasteiger partial charge < -0.3 is 25.4 Å². The molecule has 1 aromatic carbocycles. The Bertz CT molecular complexity index is 648.